The van der Waals surface area contributed by atoms with Crippen molar-refractivity contribution in [2.45, 2.75) is 10.8 Å². The highest BCUT2D eigenvalue weighted by molar-refractivity contribution is 7.98. The molecule has 0 aliphatic heterocycles. The molecule has 0 amide bonds. The molecule has 22 heavy (non-hydrogen) atoms. The summed E-state index contributed by atoms with van der Waals surface area (Å²) < 4.78 is 10.5. The van der Waals surface area contributed by atoms with E-state index in [-0.39, 0.29) is 0 Å². The zero-order valence-corrected chi connectivity index (χ0v) is 12.3. The van der Waals surface area contributed by atoms with Crippen molar-refractivity contribution in [1.82, 2.24) is 15.1 Å². The maximum absolute atomic E-state index is 5.24. The average Bonchev–Trinajstić information content (AvgIpc) is 3.24. The van der Waals surface area contributed by atoms with Gasteiger partial charge in [-0.05, 0) is 24.3 Å². The van der Waals surface area contributed by atoms with Gasteiger partial charge in [-0.2, -0.15) is 4.98 Å². The van der Waals surface area contributed by atoms with Gasteiger partial charge in [0, 0.05) is 5.39 Å². The first-order chi connectivity index (χ1) is 10.9. The van der Waals surface area contributed by atoms with Crippen molar-refractivity contribution in [2.24, 2.45) is 0 Å². The van der Waals surface area contributed by atoms with Gasteiger partial charge in [-0.25, -0.2) is 4.98 Å². The van der Waals surface area contributed by atoms with Crippen molar-refractivity contribution in [2.75, 3.05) is 0 Å². The first-order valence-corrected chi connectivity index (χ1v) is 7.72. The number of thioether (sulfide) groups is 1. The van der Waals surface area contributed by atoms with Crippen LogP contribution in [0, 0.1) is 0 Å². The summed E-state index contributed by atoms with van der Waals surface area (Å²) >= 11 is 1.56. The van der Waals surface area contributed by atoms with Crippen LogP contribution in [-0.4, -0.2) is 15.1 Å². The van der Waals surface area contributed by atoms with Gasteiger partial charge in [-0.15, -0.1) is 0 Å². The Bertz CT molecular complexity index is 903. The Balaban J connectivity index is 1.49. The third-order valence-electron chi connectivity index (χ3n) is 3.13. The molecule has 0 aliphatic rings. The van der Waals surface area contributed by atoms with Crippen LogP contribution in [0.4, 0.5) is 0 Å². The van der Waals surface area contributed by atoms with Crippen LogP contribution in [0.5, 0.6) is 0 Å². The van der Waals surface area contributed by atoms with Crippen molar-refractivity contribution in [3.8, 4) is 11.6 Å². The van der Waals surface area contributed by atoms with Crippen LogP contribution < -0.4 is 0 Å². The van der Waals surface area contributed by atoms with Crippen molar-refractivity contribution in [3.05, 3.63) is 60.7 Å². The van der Waals surface area contributed by atoms with E-state index in [1.165, 1.54) is 0 Å². The number of nitrogens with zero attached hydrogens (tertiary/aromatic N) is 3. The molecule has 1 aromatic carbocycles. The molecule has 0 aliphatic carbocycles. The van der Waals surface area contributed by atoms with Gasteiger partial charge in [-0.3, -0.25) is 0 Å². The molecule has 0 fully saturated rings. The normalized spacial score (nSPS) is 11.1. The summed E-state index contributed by atoms with van der Waals surface area (Å²) in [6.07, 6.45) is 1.58. The van der Waals surface area contributed by atoms with Gasteiger partial charge in [0.25, 0.3) is 0 Å². The summed E-state index contributed by atoms with van der Waals surface area (Å²) in [4.78, 5) is 8.91. The smallest absolute Gasteiger partial charge is 0.238 e. The SMILES string of the molecule is c1coc(-c2noc(CSc3ccc4ccccc4n3)n2)c1. The van der Waals surface area contributed by atoms with Crippen molar-refractivity contribution in [3.63, 3.8) is 0 Å². The summed E-state index contributed by atoms with van der Waals surface area (Å²) in [6.45, 7) is 0. The lowest BCUT2D eigenvalue weighted by Gasteiger charge is -2.00. The average molecular weight is 309 g/mol. The fourth-order valence-electron chi connectivity index (χ4n) is 2.08. The highest BCUT2D eigenvalue weighted by Crippen LogP contribution is 2.24. The largest absolute Gasteiger partial charge is 0.461 e. The Kier molecular flexibility index (Phi) is 3.36. The molecule has 0 unspecified atom stereocenters. The summed E-state index contributed by atoms with van der Waals surface area (Å²) in [5.41, 5.74) is 0.981. The summed E-state index contributed by atoms with van der Waals surface area (Å²) in [5.74, 6) is 2.18. The van der Waals surface area contributed by atoms with Crippen LogP contribution in [0.3, 0.4) is 0 Å². The van der Waals surface area contributed by atoms with Crippen LogP contribution in [0.1, 0.15) is 5.89 Å². The molecule has 5 nitrogen and oxygen atoms in total. The number of hydrogen-bond acceptors (Lipinski definition) is 6. The number of hydrogen-bond donors (Lipinski definition) is 0. The fraction of sp³-hybridized carbons (Fsp3) is 0.0625. The highest BCUT2D eigenvalue weighted by Gasteiger charge is 2.11. The van der Waals surface area contributed by atoms with Gasteiger partial charge >= 0.3 is 0 Å². The molecule has 3 heterocycles. The molecule has 0 saturated heterocycles. The predicted octanol–water partition coefficient (Wildman–Crippen LogP) is 4.17. The molecule has 0 N–H and O–H groups in total. The molecule has 0 bridgehead atoms. The number of benzene rings is 1. The minimum absolute atomic E-state index is 0.465. The molecule has 6 heteroatoms. The molecule has 4 rings (SSSR count). The molecular weight excluding hydrogens is 298 g/mol. The van der Waals surface area contributed by atoms with E-state index in [4.69, 9.17) is 8.94 Å². The standard InChI is InChI=1S/C16H11N3O2S/c1-2-5-12-11(4-1)7-8-15(17-12)22-10-14-18-16(19-21-14)13-6-3-9-20-13/h1-9H,10H2. The van der Waals surface area contributed by atoms with E-state index < -0.39 is 0 Å². The molecule has 0 spiro atoms. The maximum Gasteiger partial charge on any atom is 0.238 e. The Labute approximate surface area is 130 Å². The molecule has 3 aromatic heterocycles. The van der Waals surface area contributed by atoms with E-state index in [2.05, 4.69) is 21.2 Å². The third kappa shape index (κ3) is 2.60. The van der Waals surface area contributed by atoms with Gasteiger partial charge in [0.1, 0.15) is 0 Å². The Morgan fingerprint density at radius 2 is 1.91 bits per heavy atom. The minimum Gasteiger partial charge on any atom is -0.461 e. The Morgan fingerprint density at radius 1 is 0.955 bits per heavy atom. The lowest BCUT2D eigenvalue weighted by molar-refractivity contribution is 0.390. The van der Waals surface area contributed by atoms with Gasteiger partial charge < -0.3 is 8.94 Å². The van der Waals surface area contributed by atoms with E-state index >= 15 is 0 Å². The quantitative estimate of drug-likeness (QED) is 0.527. The first-order valence-electron chi connectivity index (χ1n) is 6.73. The molecule has 0 atom stereocenters. The second-order valence-corrected chi connectivity index (χ2v) is 5.62. The van der Waals surface area contributed by atoms with Crippen LogP contribution in [0.15, 0.2) is 68.8 Å². The van der Waals surface area contributed by atoms with Crippen LogP contribution >= 0.6 is 11.8 Å². The van der Waals surface area contributed by atoms with Gasteiger partial charge in [0.2, 0.25) is 11.7 Å². The number of rotatable bonds is 4. The lowest BCUT2D eigenvalue weighted by atomic mass is 10.2. The highest BCUT2D eigenvalue weighted by atomic mass is 32.2. The topological polar surface area (TPSA) is 65.0 Å². The zero-order chi connectivity index (χ0) is 14.8. The molecule has 0 saturated carbocycles. The first kappa shape index (κ1) is 13.1. The van der Waals surface area contributed by atoms with E-state index in [0.29, 0.717) is 23.2 Å². The Hall–Kier alpha value is -2.60. The maximum atomic E-state index is 5.24. The number of pyridine rings is 1. The summed E-state index contributed by atoms with van der Waals surface area (Å²) in [7, 11) is 0. The van der Waals surface area contributed by atoms with Gasteiger partial charge in [0.15, 0.2) is 5.76 Å². The fourth-order valence-corrected chi connectivity index (χ4v) is 2.80. The van der Waals surface area contributed by atoms with Crippen LogP contribution in [0.25, 0.3) is 22.5 Å². The van der Waals surface area contributed by atoms with Gasteiger partial charge in [-0.1, -0.05) is 41.2 Å². The lowest BCUT2D eigenvalue weighted by Crippen LogP contribution is -1.85. The van der Waals surface area contributed by atoms with Crippen molar-refractivity contribution in [1.29, 1.82) is 0 Å². The summed E-state index contributed by atoms with van der Waals surface area (Å²) in [5, 5.41) is 5.96. The Morgan fingerprint density at radius 3 is 2.82 bits per heavy atom. The number of aromatic nitrogens is 3. The molecule has 108 valence electrons. The minimum atomic E-state index is 0.465. The number of fused-ring (bicyclic) bond motifs is 1. The summed E-state index contributed by atoms with van der Waals surface area (Å²) in [6, 6.07) is 15.7. The second-order valence-electron chi connectivity index (χ2n) is 4.62. The van der Waals surface area contributed by atoms with Crippen molar-refractivity contribution >= 4 is 22.7 Å². The van der Waals surface area contributed by atoms with Gasteiger partial charge in [0.05, 0.1) is 22.6 Å². The van der Waals surface area contributed by atoms with Crippen molar-refractivity contribution < 1.29 is 8.94 Å². The van der Waals surface area contributed by atoms with E-state index in [1.807, 2.05) is 30.3 Å². The zero-order valence-electron chi connectivity index (χ0n) is 11.5. The van der Waals surface area contributed by atoms with E-state index in [0.717, 1.165) is 15.9 Å². The predicted molar refractivity (Wildman–Crippen MR) is 83.3 cm³/mol. The third-order valence-corrected chi connectivity index (χ3v) is 4.04. The second kappa shape index (κ2) is 5.65. The molecule has 0 radical (unpaired) electrons. The molecular formula is C16H11N3O2S. The van der Waals surface area contributed by atoms with Crippen LogP contribution in [-0.2, 0) is 5.75 Å². The number of para-hydroxylation sites is 1. The monoisotopic (exact) mass is 309 g/mol. The molecule has 4 aromatic rings. The number of furan rings is 1. The van der Waals surface area contributed by atoms with E-state index in [1.54, 1.807) is 30.2 Å². The van der Waals surface area contributed by atoms with E-state index in [9.17, 15) is 0 Å². The van der Waals surface area contributed by atoms with Crippen LogP contribution in [0.2, 0.25) is 0 Å².